The average molecular weight is 495 g/mol. The predicted octanol–water partition coefficient (Wildman–Crippen LogP) is 4.25. The number of rotatable bonds is 13. The fraction of sp³-hybridized carbons (Fsp3) is 0.400. The summed E-state index contributed by atoms with van der Waals surface area (Å²) in [4.78, 5) is 22.9. The highest BCUT2D eigenvalue weighted by Crippen LogP contribution is 2.28. The van der Waals surface area contributed by atoms with E-state index in [0.717, 1.165) is 17.5 Å². The van der Waals surface area contributed by atoms with Gasteiger partial charge in [0.15, 0.2) is 0 Å². The molecule has 6 nitrogen and oxygen atoms in total. The van der Waals surface area contributed by atoms with Gasteiger partial charge in [0.2, 0.25) is 0 Å². The van der Waals surface area contributed by atoms with E-state index in [1.54, 1.807) is 13.8 Å². The van der Waals surface area contributed by atoms with Gasteiger partial charge in [-0.05, 0) is 47.9 Å². The van der Waals surface area contributed by atoms with Gasteiger partial charge in [-0.3, -0.25) is 0 Å². The van der Waals surface area contributed by atoms with Crippen LogP contribution < -0.4 is 0 Å². The second kappa shape index (κ2) is 13.2. The normalized spacial score (nSPS) is 12.9. The Hall–Kier alpha value is -3.22. The van der Waals surface area contributed by atoms with Crippen LogP contribution in [0.25, 0.3) is 0 Å². The lowest BCUT2D eigenvalue weighted by atomic mass is 9.78. The van der Waals surface area contributed by atoms with E-state index >= 15 is 0 Å². The predicted molar refractivity (Wildman–Crippen MR) is 141 cm³/mol. The monoisotopic (exact) mass is 494 g/mol. The fourth-order valence-corrected chi connectivity index (χ4v) is 3.75. The molecule has 0 aliphatic rings. The molecule has 0 aliphatic heterocycles. The van der Waals surface area contributed by atoms with Crippen molar-refractivity contribution in [3.63, 3.8) is 0 Å². The molecular weight excluding hydrogens is 456 g/mol. The summed E-state index contributed by atoms with van der Waals surface area (Å²) in [6, 6.07) is 16.2. The van der Waals surface area contributed by atoms with E-state index in [-0.39, 0.29) is 18.6 Å². The van der Waals surface area contributed by atoms with Crippen molar-refractivity contribution in [1.29, 1.82) is 0 Å². The van der Waals surface area contributed by atoms with Gasteiger partial charge in [0.25, 0.3) is 0 Å². The van der Waals surface area contributed by atoms with Crippen LogP contribution in [-0.2, 0) is 43.7 Å². The van der Waals surface area contributed by atoms with Crippen LogP contribution >= 0.6 is 0 Å². The molecule has 2 N–H and O–H groups in total. The third-order valence-corrected chi connectivity index (χ3v) is 5.86. The van der Waals surface area contributed by atoms with Gasteiger partial charge in [0.1, 0.15) is 13.2 Å². The molecule has 0 saturated heterocycles. The minimum atomic E-state index is -0.776. The van der Waals surface area contributed by atoms with Crippen molar-refractivity contribution < 1.29 is 29.3 Å². The first kappa shape index (κ1) is 29.0. The fourth-order valence-electron chi connectivity index (χ4n) is 3.75. The standard InChI is InChI=1S/C30H38O6/c1-20(2)28(33)35-18-26(31)15-22-7-9-24(10-8-22)17-30(5,6)25-13-11-23(12-14-25)16-27(32)19-36-29(34)21(3)4/h7-14,26-27,31-32H,1,3,15-19H2,2,4-6H3. The molecule has 194 valence electrons. The van der Waals surface area contributed by atoms with E-state index in [9.17, 15) is 19.8 Å². The summed E-state index contributed by atoms with van der Waals surface area (Å²) in [5.41, 5.74) is 4.77. The lowest BCUT2D eigenvalue weighted by Crippen LogP contribution is -2.22. The van der Waals surface area contributed by atoms with Crippen LogP contribution in [0.5, 0.6) is 0 Å². The first-order valence-corrected chi connectivity index (χ1v) is 12.1. The molecule has 0 radical (unpaired) electrons. The maximum Gasteiger partial charge on any atom is 0.333 e. The Morgan fingerprint density at radius 1 is 0.750 bits per heavy atom. The zero-order valence-corrected chi connectivity index (χ0v) is 21.8. The second-order valence-electron chi connectivity index (χ2n) is 10.0. The molecular formula is C30H38O6. The number of hydrogen-bond donors (Lipinski definition) is 2. The van der Waals surface area contributed by atoms with Crippen molar-refractivity contribution >= 4 is 11.9 Å². The Kier molecular flexibility index (Phi) is 10.6. The molecule has 2 aromatic carbocycles. The van der Waals surface area contributed by atoms with Crippen molar-refractivity contribution in [3.8, 4) is 0 Å². The molecule has 0 amide bonds. The number of benzene rings is 2. The SMILES string of the molecule is C=C(C)C(=O)OCC(O)Cc1ccc(CC(C)(C)c2ccc(CC(O)COC(=O)C(=C)C)cc2)cc1. The number of carbonyl (C=O) groups is 2. The molecule has 2 rings (SSSR count). The smallest absolute Gasteiger partial charge is 0.333 e. The van der Waals surface area contributed by atoms with Crippen LogP contribution in [-0.4, -0.2) is 47.6 Å². The quantitative estimate of drug-likeness (QED) is 0.319. The van der Waals surface area contributed by atoms with Crippen molar-refractivity contribution in [3.05, 3.63) is 95.1 Å². The Balaban J connectivity index is 1.90. The first-order valence-electron chi connectivity index (χ1n) is 12.1. The zero-order chi connectivity index (χ0) is 26.9. The summed E-state index contributed by atoms with van der Waals surface area (Å²) >= 11 is 0. The van der Waals surface area contributed by atoms with Gasteiger partial charge in [-0.25, -0.2) is 9.59 Å². The summed E-state index contributed by atoms with van der Waals surface area (Å²) in [6.45, 7) is 14.4. The minimum absolute atomic E-state index is 0.0624. The van der Waals surface area contributed by atoms with Crippen LogP contribution in [0.1, 0.15) is 49.9 Å². The summed E-state index contributed by atoms with van der Waals surface area (Å²) in [7, 11) is 0. The van der Waals surface area contributed by atoms with Crippen LogP contribution in [0.3, 0.4) is 0 Å². The van der Waals surface area contributed by atoms with E-state index in [1.165, 1.54) is 11.1 Å². The zero-order valence-electron chi connectivity index (χ0n) is 21.8. The van der Waals surface area contributed by atoms with Crippen molar-refractivity contribution in [2.24, 2.45) is 0 Å². The van der Waals surface area contributed by atoms with Gasteiger partial charge >= 0.3 is 11.9 Å². The molecule has 36 heavy (non-hydrogen) atoms. The van der Waals surface area contributed by atoms with Gasteiger partial charge in [0.05, 0.1) is 12.2 Å². The molecule has 0 bridgehead atoms. The van der Waals surface area contributed by atoms with E-state index < -0.39 is 24.1 Å². The highest BCUT2D eigenvalue weighted by Gasteiger charge is 2.21. The first-order chi connectivity index (χ1) is 16.9. The van der Waals surface area contributed by atoms with Crippen LogP contribution in [0.4, 0.5) is 0 Å². The van der Waals surface area contributed by atoms with Crippen molar-refractivity contribution in [2.45, 2.75) is 64.6 Å². The maximum atomic E-state index is 11.5. The number of esters is 2. The summed E-state index contributed by atoms with van der Waals surface area (Å²) in [6.07, 6.45) is 0.0647. The molecule has 0 heterocycles. The van der Waals surface area contributed by atoms with Crippen LogP contribution in [0.2, 0.25) is 0 Å². The van der Waals surface area contributed by atoms with E-state index in [0.29, 0.717) is 24.0 Å². The van der Waals surface area contributed by atoms with E-state index in [4.69, 9.17) is 9.47 Å². The number of ether oxygens (including phenoxy) is 2. The highest BCUT2D eigenvalue weighted by molar-refractivity contribution is 5.87. The molecule has 2 aromatic rings. The average Bonchev–Trinajstić information content (AvgIpc) is 2.82. The van der Waals surface area contributed by atoms with E-state index in [1.807, 2.05) is 24.3 Å². The molecule has 2 atom stereocenters. The Labute approximate surface area is 214 Å². The number of hydrogen-bond acceptors (Lipinski definition) is 6. The second-order valence-corrected chi connectivity index (χ2v) is 10.0. The Morgan fingerprint density at radius 2 is 1.11 bits per heavy atom. The van der Waals surface area contributed by atoms with Gasteiger partial charge in [0, 0.05) is 24.0 Å². The third-order valence-electron chi connectivity index (χ3n) is 5.86. The molecule has 0 aliphatic carbocycles. The lowest BCUT2D eigenvalue weighted by Gasteiger charge is -2.26. The topological polar surface area (TPSA) is 93.1 Å². The van der Waals surface area contributed by atoms with Crippen molar-refractivity contribution in [1.82, 2.24) is 0 Å². The molecule has 0 fully saturated rings. The Bertz CT molecular complexity index is 1050. The number of aliphatic hydroxyl groups excluding tert-OH is 2. The molecule has 0 spiro atoms. The molecule has 0 saturated carbocycles. The number of aliphatic hydroxyl groups is 2. The third kappa shape index (κ3) is 9.44. The van der Waals surface area contributed by atoms with Crippen LogP contribution in [0, 0.1) is 0 Å². The Morgan fingerprint density at radius 3 is 1.50 bits per heavy atom. The summed E-state index contributed by atoms with van der Waals surface area (Å²) in [5.74, 6) is -1.00. The van der Waals surface area contributed by atoms with E-state index in [2.05, 4.69) is 51.3 Å². The summed E-state index contributed by atoms with van der Waals surface area (Å²) < 4.78 is 10.0. The number of carbonyl (C=O) groups excluding carboxylic acids is 2. The highest BCUT2D eigenvalue weighted by atomic mass is 16.5. The lowest BCUT2D eigenvalue weighted by molar-refractivity contribution is -0.142. The maximum absolute atomic E-state index is 11.5. The van der Waals surface area contributed by atoms with Crippen LogP contribution in [0.15, 0.2) is 72.8 Å². The van der Waals surface area contributed by atoms with Gasteiger partial charge in [-0.1, -0.05) is 75.5 Å². The van der Waals surface area contributed by atoms with Gasteiger partial charge in [-0.2, -0.15) is 0 Å². The molecule has 6 heteroatoms. The van der Waals surface area contributed by atoms with Gasteiger partial charge < -0.3 is 19.7 Å². The summed E-state index contributed by atoms with van der Waals surface area (Å²) in [5, 5.41) is 20.3. The molecule has 2 unspecified atom stereocenters. The van der Waals surface area contributed by atoms with Gasteiger partial charge in [-0.15, -0.1) is 0 Å². The minimum Gasteiger partial charge on any atom is -0.460 e. The molecule has 0 aromatic heterocycles. The van der Waals surface area contributed by atoms with Crippen molar-refractivity contribution in [2.75, 3.05) is 13.2 Å². The largest absolute Gasteiger partial charge is 0.460 e.